The highest BCUT2D eigenvalue weighted by molar-refractivity contribution is 5.77. The molecule has 1 heterocycles. The fraction of sp³-hybridized carbons (Fsp3) is 0.417. The molecule has 2 rings (SSSR count). The van der Waals surface area contributed by atoms with E-state index in [1.165, 1.54) is 0 Å². The van der Waals surface area contributed by atoms with Gasteiger partial charge in [0.1, 0.15) is 5.75 Å². The number of fused-ring (bicyclic) bond motifs is 1. The van der Waals surface area contributed by atoms with E-state index < -0.39 is 0 Å². The van der Waals surface area contributed by atoms with Gasteiger partial charge in [-0.05, 0) is 25.5 Å². The summed E-state index contributed by atoms with van der Waals surface area (Å²) in [5.41, 5.74) is 2.17. The number of hydrogen-bond donors (Lipinski definition) is 0. The smallest absolute Gasteiger partial charge is 0.121 e. The molecule has 1 aromatic heterocycles. The van der Waals surface area contributed by atoms with Gasteiger partial charge in [-0.15, -0.1) is 0 Å². The normalized spacial score (nSPS) is 13.0. The molecule has 0 aliphatic rings. The highest BCUT2D eigenvalue weighted by atomic mass is 16.5. The van der Waals surface area contributed by atoms with E-state index in [-0.39, 0.29) is 0 Å². The molecule has 0 unspecified atom stereocenters. The second-order valence-electron chi connectivity index (χ2n) is 3.76. The fourth-order valence-corrected chi connectivity index (χ4v) is 1.68. The van der Waals surface area contributed by atoms with Crippen molar-refractivity contribution >= 4 is 11.0 Å². The maximum Gasteiger partial charge on any atom is 0.121 e. The summed E-state index contributed by atoms with van der Waals surface area (Å²) in [4.78, 5) is 4.37. The third-order valence-electron chi connectivity index (χ3n) is 2.85. The molecule has 1 atom stereocenters. The lowest BCUT2D eigenvalue weighted by atomic mass is 10.2. The molecule has 80 valence electrons. The average Bonchev–Trinajstić information content (AvgIpc) is 2.70. The van der Waals surface area contributed by atoms with Crippen LogP contribution in [-0.2, 0) is 0 Å². The van der Waals surface area contributed by atoms with E-state index in [1.54, 1.807) is 7.11 Å². The number of ether oxygens (including phenoxy) is 1. The summed E-state index contributed by atoms with van der Waals surface area (Å²) in [7, 11) is 1.69. The van der Waals surface area contributed by atoms with Crippen LogP contribution in [0.15, 0.2) is 24.5 Å². The SMILES string of the molecule is CC[C@@H](C)n1cnc2ccc(OC)cc21. The van der Waals surface area contributed by atoms with Gasteiger partial charge in [-0.2, -0.15) is 0 Å². The van der Waals surface area contributed by atoms with Crippen molar-refractivity contribution in [3.05, 3.63) is 24.5 Å². The van der Waals surface area contributed by atoms with Gasteiger partial charge in [0.25, 0.3) is 0 Å². The first-order valence-electron chi connectivity index (χ1n) is 5.26. The standard InChI is InChI=1S/C12H16N2O/c1-4-9(2)14-8-13-11-6-5-10(15-3)7-12(11)14/h5-9H,4H2,1-3H3/t9-/m1/s1. The van der Waals surface area contributed by atoms with Crippen LogP contribution in [0.1, 0.15) is 26.3 Å². The van der Waals surface area contributed by atoms with Crippen molar-refractivity contribution in [2.45, 2.75) is 26.3 Å². The number of nitrogens with zero attached hydrogens (tertiary/aromatic N) is 2. The summed E-state index contributed by atoms with van der Waals surface area (Å²) in [6, 6.07) is 6.44. The van der Waals surface area contributed by atoms with E-state index in [2.05, 4.69) is 23.4 Å². The highest BCUT2D eigenvalue weighted by Crippen LogP contribution is 2.23. The summed E-state index contributed by atoms with van der Waals surface area (Å²) < 4.78 is 7.41. The van der Waals surface area contributed by atoms with E-state index >= 15 is 0 Å². The predicted octanol–water partition coefficient (Wildman–Crippen LogP) is 3.02. The number of rotatable bonds is 3. The summed E-state index contributed by atoms with van der Waals surface area (Å²) in [5.74, 6) is 0.882. The Morgan fingerprint density at radius 3 is 2.93 bits per heavy atom. The summed E-state index contributed by atoms with van der Waals surface area (Å²) >= 11 is 0. The fourth-order valence-electron chi connectivity index (χ4n) is 1.68. The molecule has 1 aromatic carbocycles. The second kappa shape index (κ2) is 3.93. The van der Waals surface area contributed by atoms with Gasteiger partial charge in [-0.3, -0.25) is 0 Å². The Morgan fingerprint density at radius 2 is 2.27 bits per heavy atom. The molecule has 0 saturated carbocycles. The molecule has 0 fully saturated rings. The molecule has 0 aliphatic heterocycles. The van der Waals surface area contributed by atoms with Gasteiger partial charge in [0, 0.05) is 12.1 Å². The lowest BCUT2D eigenvalue weighted by Gasteiger charge is -2.11. The molecular weight excluding hydrogens is 188 g/mol. The number of benzene rings is 1. The van der Waals surface area contributed by atoms with Crippen LogP contribution in [0, 0.1) is 0 Å². The van der Waals surface area contributed by atoms with Crippen LogP contribution in [0.3, 0.4) is 0 Å². The zero-order valence-corrected chi connectivity index (χ0v) is 9.40. The number of imidazole rings is 1. The van der Waals surface area contributed by atoms with Crippen molar-refractivity contribution in [2.75, 3.05) is 7.11 Å². The summed E-state index contributed by atoms with van der Waals surface area (Å²) in [6.07, 6.45) is 3.00. The van der Waals surface area contributed by atoms with Crippen LogP contribution in [0.4, 0.5) is 0 Å². The zero-order chi connectivity index (χ0) is 10.8. The Kier molecular flexibility index (Phi) is 2.62. The van der Waals surface area contributed by atoms with E-state index in [9.17, 15) is 0 Å². The zero-order valence-electron chi connectivity index (χ0n) is 9.40. The van der Waals surface area contributed by atoms with Crippen LogP contribution in [0.25, 0.3) is 11.0 Å². The monoisotopic (exact) mass is 204 g/mol. The molecule has 0 spiro atoms. The molecule has 0 aliphatic carbocycles. The third-order valence-corrected chi connectivity index (χ3v) is 2.85. The largest absolute Gasteiger partial charge is 0.497 e. The number of aromatic nitrogens is 2. The van der Waals surface area contributed by atoms with Gasteiger partial charge in [0.05, 0.1) is 24.5 Å². The lowest BCUT2D eigenvalue weighted by Crippen LogP contribution is -2.01. The molecule has 0 bridgehead atoms. The Bertz CT molecular complexity index is 462. The van der Waals surface area contributed by atoms with E-state index in [0.29, 0.717) is 6.04 Å². The van der Waals surface area contributed by atoms with Crippen molar-refractivity contribution in [3.63, 3.8) is 0 Å². The molecule has 0 saturated heterocycles. The number of hydrogen-bond acceptors (Lipinski definition) is 2. The van der Waals surface area contributed by atoms with Gasteiger partial charge in [-0.1, -0.05) is 6.92 Å². The topological polar surface area (TPSA) is 27.1 Å². The number of methoxy groups -OCH3 is 1. The molecular formula is C12H16N2O. The van der Waals surface area contributed by atoms with Gasteiger partial charge >= 0.3 is 0 Å². The van der Waals surface area contributed by atoms with Crippen molar-refractivity contribution in [1.29, 1.82) is 0 Å². The van der Waals surface area contributed by atoms with E-state index in [4.69, 9.17) is 4.74 Å². The minimum absolute atomic E-state index is 0.474. The van der Waals surface area contributed by atoms with Crippen molar-refractivity contribution in [3.8, 4) is 5.75 Å². The maximum atomic E-state index is 5.22. The first-order valence-corrected chi connectivity index (χ1v) is 5.26. The summed E-state index contributed by atoms with van der Waals surface area (Å²) in [6.45, 7) is 4.37. The molecule has 3 nitrogen and oxygen atoms in total. The molecule has 0 N–H and O–H groups in total. The van der Waals surface area contributed by atoms with E-state index in [1.807, 2.05) is 24.5 Å². The van der Waals surface area contributed by atoms with Gasteiger partial charge in [0.15, 0.2) is 0 Å². The molecule has 2 aromatic rings. The first-order chi connectivity index (χ1) is 7.26. The Labute approximate surface area is 89.7 Å². The van der Waals surface area contributed by atoms with Gasteiger partial charge in [0.2, 0.25) is 0 Å². The van der Waals surface area contributed by atoms with E-state index in [0.717, 1.165) is 23.2 Å². The third kappa shape index (κ3) is 1.69. The Morgan fingerprint density at radius 1 is 1.47 bits per heavy atom. The maximum absolute atomic E-state index is 5.22. The van der Waals surface area contributed by atoms with Crippen LogP contribution in [0.5, 0.6) is 5.75 Å². The van der Waals surface area contributed by atoms with Crippen molar-refractivity contribution < 1.29 is 4.74 Å². The van der Waals surface area contributed by atoms with Crippen LogP contribution < -0.4 is 4.74 Å². The molecule has 3 heteroatoms. The van der Waals surface area contributed by atoms with Crippen LogP contribution >= 0.6 is 0 Å². The molecule has 0 amide bonds. The van der Waals surface area contributed by atoms with Crippen molar-refractivity contribution in [1.82, 2.24) is 9.55 Å². The summed E-state index contributed by atoms with van der Waals surface area (Å²) in [5, 5.41) is 0. The quantitative estimate of drug-likeness (QED) is 0.768. The van der Waals surface area contributed by atoms with Crippen molar-refractivity contribution in [2.24, 2.45) is 0 Å². The lowest BCUT2D eigenvalue weighted by molar-refractivity contribution is 0.415. The minimum Gasteiger partial charge on any atom is -0.497 e. The molecule has 15 heavy (non-hydrogen) atoms. The second-order valence-corrected chi connectivity index (χ2v) is 3.76. The Balaban J connectivity index is 2.56. The predicted molar refractivity (Wildman–Crippen MR) is 61.3 cm³/mol. The Hall–Kier alpha value is -1.51. The molecule has 0 radical (unpaired) electrons. The minimum atomic E-state index is 0.474. The average molecular weight is 204 g/mol. The highest BCUT2D eigenvalue weighted by Gasteiger charge is 2.08. The van der Waals surface area contributed by atoms with Gasteiger partial charge in [-0.25, -0.2) is 4.98 Å². The van der Waals surface area contributed by atoms with Crippen LogP contribution in [-0.4, -0.2) is 16.7 Å². The van der Waals surface area contributed by atoms with Crippen LogP contribution in [0.2, 0.25) is 0 Å². The first kappa shape index (κ1) is 10.0. The van der Waals surface area contributed by atoms with Gasteiger partial charge < -0.3 is 9.30 Å².